The van der Waals surface area contributed by atoms with E-state index in [0.717, 1.165) is 23.2 Å². The largest absolute Gasteiger partial charge is 0.347 e. The molecule has 0 aliphatic carbocycles. The molecule has 0 fully saturated rings. The summed E-state index contributed by atoms with van der Waals surface area (Å²) in [6.45, 7) is 4.05. The lowest BCUT2D eigenvalue weighted by molar-refractivity contribution is 1.05. The van der Waals surface area contributed by atoms with Gasteiger partial charge >= 0.3 is 5.69 Å². The molecule has 2 N–H and O–H groups in total. The molecule has 0 saturated carbocycles. The summed E-state index contributed by atoms with van der Waals surface area (Å²) in [5.41, 5.74) is 2.80. The van der Waals surface area contributed by atoms with E-state index in [4.69, 9.17) is 5.26 Å². The first-order chi connectivity index (χ1) is 9.13. The van der Waals surface area contributed by atoms with Crippen molar-refractivity contribution in [1.82, 2.24) is 9.97 Å². The molecule has 0 bridgehead atoms. The number of anilines is 2. The summed E-state index contributed by atoms with van der Waals surface area (Å²) in [5.74, 6) is 0.379. The minimum atomic E-state index is -0.534. The number of hydrogen-bond acceptors (Lipinski definition) is 4. The minimum Gasteiger partial charge on any atom is -0.340 e. The third-order valence-corrected chi connectivity index (χ3v) is 2.86. The molecule has 0 amide bonds. The number of aromatic amines is 1. The molecule has 5 heteroatoms. The molecule has 0 spiro atoms. The third kappa shape index (κ3) is 2.80. The second kappa shape index (κ2) is 5.36. The number of nitrogens with one attached hydrogen (secondary N) is 2. The molecule has 0 aliphatic heterocycles. The van der Waals surface area contributed by atoms with Crippen molar-refractivity contribution in [1.29, 1.82) is 5.26 Å². The summed E-state index contributed by atoms with van der Waals surface area (Å²) in [6, 6.07) is 9.42. The average molecular weight is 254 g/mol. The van der Waals surface area contributed by atoms with Crippen molar-refractivity contribution < 1.29 is 0 Å². The molecule has 0 saturated heterocycles. The van der Waals surface area contributed by atoms with Gasteiger partial charge in [-0.15, -0.1) is 0 Å². The number of rotatable bonds is 3. The van der Waals surface area contributed by atoms with Crippen LogP contribution in [-0.4, -0.2) is 9.97 Å². The van der Waals surface area contributed by atoms with Gasteiger partial charge in [0.05, 0.1) is 0 Å². The van der Waals surface area contributed by atoms with Crippen LogP contribution in [0.5, 0.6) is 0 Å². The van der Waals surface area contributed by atoms with E-state index in [1.54, 1.807) is 0 Å². The lowest BCUT2D eigenvalue weighted by Crippen LogP contribution is -2.14. The van der Waals surface area contributed by atoms with Crippen molar-refractivity contribution in [3.63, 3.8) is 0 Å². The SMILES string of the molecule is CCc1cccc(C)c1Nc1cc(C#N)[nH]c(=O)n1. The molecular weight excluding hydrogens is 240 g/mol. The predicted octanol–water partition coefficient (Wildman–Crippen LogP) is 2.26. The quantitative estimate of drug-likeness (QED) is 0.880. The Labute approximate surface area is 110 Å². The highest BCUT2D eigenvalue weighted by molar-refractivity contribution is 5.65. The molecule has 5 nitrogen and oxygen atoms in total. The van der Waals surface area contributed by atoms with E-state index >= 15 is 0 Å². The zero-order chi connectivity index (χ0) is 13.8. The number of aromatic nitrogens is 2. The molecule has 2 aromatic rings. The maximum atomic E-state index is 11.3. The Balaban J connectivity index is 2.45. The van der Waals surface area contributed by atoms with Gasteiger partial charge in [-0.25, -0.2) is 4.79 Å². The van der Waals surface area contributed by atoms with Gasteiger partial charge in [-0.1, -0.05) is 25.1 Å². The Morgan fingerprint density at radius 1 is 1.47 bits per heavy atom. The topological polar surface area (TPSA) is 81.6 Å². The van der Waals surface area contributed by atoms with Crippen molar-refractivity contribution in [3.8, 4) is 6.07 Å². The van der Waals surface area contributed by atoms with Crippen molar-refractivity contribution in [2.24, 2.45) is 0 Å². The first-order valence-electron chi connectivity index (χ1n) is 6.01. The van der Waals surface area contributed by atoms with E-state index < -0.39 is 5.69 Å². The molecule has 19 heavy (non-hydrogen) atoms. The lowest BCUT2D eigenvalue weighted by Gasteiger charge is -2.13. The number of benzene rings is 1. The molecule has 1 heterocycles. The van der Waals surface area contributed by atoms with Crippen LogP contribution in [0.2, 0.25) is 0 Å². The molecular formula is C14H14N4O. The van der Waals surface area contributed by atoms with Crippen LogP contribution in [0, 0.1) is 18.3 Å². The Kier molecular flexibility index (Phi) is 3.62. The summed E-state index contributed by atoms with van der Waals surface area (Å²) in [4.78, 5) is 17.5. The van der Waals surface area contributed by atoms with Crippen LogP contribution in [0.1, 0.15) is 23.7 Å². The van der Waals surface area contributed by atoms with Crippen molar-refractivity contribution in [2.45, 2.75) is 20.3 Å². The highest BCUT2D eigenvalue weighted by Gasteiger charge is 2.06. The Bertz CT molecular complexity index is 697. The number of aryl methyl sites for hydroxylation is 2. The first kappa shape index (κ1) is 12.8. The van der Waals surface area contributed by atoms with E-state index in [2.05, 4.69) is 22.2 Å². The van der Waals surface area contributed by atoms with Crippen LogP contribution in [0.3, 0.4) is 0 Å². The van der Waals surface area contributed by atoms with Crippen LogP contribution in [0.4, 0.5) is 11.5 Å². The summed E-state index contributed by atoms with van der Waals surface area (Å²) >= 11 is 0. The molecule has 0 radical (unpaired) electrons. The molecule has 0 aliphatic rings. The summed E-state index contributed by atoms with van der Waals surface area (Å²) in [7, 11) is 0. The number of nitrogens with zero attached hydrogens (tertiary/aromatic N) is 2. The van der Waals surface area contributed by atoms with E-state index in [-0.39, 0.29) is 5.69 Å². The number of para-hydroxylation sites is 1. The van der Waals surface area contributed by atoms with Gasteiger partial charge in [0.25, 0.3) is 0 Å². The molecule has 2 rings (SSSR count). The third-order valence-electron chi connectivity index (χ3n) is 2.86. The first-order valence-corrected chi connectivity index (χ1v) is 6.01. The van der Waals surface area contributed by atoms with Gasteiger partial charge in [-0.3, -0.25) is 4.98 Å². The second-order valence-corrected chi connectivity index (χ2v) is 4.18. The van der Waals surface area contributed by atoms with Gasteiger partial charge in [0.1, 0.15) is 17.6 Å². The highest BCUT2D eigenvalue weighted by atomic mass is 16.1. The van der Waals surface area contributed by atoms with Crippen LogP contribution in [0.15, 0.2) is 29.1 Å². The molecule has 1 aromatic heterocycles. The molecule has 0 atom stereocenters. The second-order valence-electron chi connectivity index (χ2n) is 4.18. The van der Waals surface area contributed by atoms with E-state index in [1.807, 2.05) is 31.2 Å². The normalized spacial score (nSPS) is 9.95. The molecule has 1 aromatic carbocycles. The zero-order valence-corrected chi connectivity index (χ0v) is 10.8. The maximum Gasteiger partial charge on any atom is 0.347 e. The van der Waals surface area contributed by atoms with Crippen LogP contribution >= 0.6 is 0 Å². The smallest absolute Gasteiger partial charge is 0.340 e. The summed E-state index contributed by atoms with van der Waals surface area (Å²) in [5, 5.41) is 12.0. The van der Waals surface area contributed by atoms with E-state index in [1.165, 1.54) is 6.07 Å². The molecule has 0 unspecified atom stereocenters. The predicted molar refractivity (Wildman–Crippen MR) is 73.4 cm³/mol. The minimum absolute atomic E-state index is 0.189. The van der Waals surface area contributed by atoms with Crippen molar-refractivity contribution in [3.05, 3.63) is 51.6 Å². The van der Waals surface area contributed by atoms with Gasteiger partial charge in [-0.05, 0) is 24.5 Å². The standard InChI is InChI=1S/C14H14N4O/c1-3-10-6-4-5-9(2)13(10)17-12-7-11(8-15)16-14(19)18-12/h4-7H,3H2,1-2H3,(H2,16,17,18,19). The lowest BCUT2D eigenvalue weighted by atomic mass is 10.1. The fourth-order valence-electron chi connectivity index (χ4n) is 1.91. The fourth-order valence-corrected chi connectivity index (χ4v) is 1.91. The Hall–Kier alpha value is -2.61. The Morgan fingerprint density at radius 3 is 2.95 bits per heavy atom. The van der Waals surface area contributed by atoms with Crippen LogP contribution in [-0.2, 0) is 6.42 Å². The highest BCUT2D eigenvalue weighted by Crippen LogP contribution is 2.24. The van der Waals surface area contributed by atoms with Crippen molar-refractivity contribution in [2.75, 3.05) is 5.32 Å². The van der Waals surface area contributed by atoms with Gasteiger partial charge < -0.3 is 5.32 Å². The van der Waals surface area contributed by atoms with Gasteiger partial charge in [0.15, 0.2) is 0 Å². The van der Waals surface area contributed by atoms with Gasteiger partial charge in [-0.2, -0.15) is 10.2 Å². The zero-order valence-electron chi connectivity index (χ0n) is 10.8. The van der Waals surface area contributed by atoms with E-state index in [0.29, 0.717) is 5.82 Å². The number of H-pyrrole nitrogens is 1. The molecule has 96 valence electrons. The van der Waals surface area contributed by atoms with Gasteiger partial charge in [0.2, 0.25) is 0 Å². The Morgan fingerprint density at radius 2 is 2.26 bits per heavy atom. The van der Waals surface area contributed by atoms with Crippen LogP contribution in [0.25, 0.3) is 0 Å². The average Bonchev–Trinajstić information content (AvgIpc) is 2.40. The summed E-state index contributed by atoms with van der Waals surface area (Å²) < 4.78 is 0. The van der Waals surface area contributed by atoms with Gasteiger partial charge in [0, 0.05) is 11.8 Å². The summed E-state index contributed by atoms with van der Waals surface area (Å²) in [6.07, 6.45) is 0.873. The number of hydrogen-bond donors (Lipinski definition) is 2. The monoisotopic (exact) mass is 254 g/mol. The van der Waals surface area contributed by atoms with E-state index in [9.17, 15) is 4.79 Å². The van der Waals surface area contributed by atoms with Crippen LogP contribution < -0.4 is 11.0 Å². The van der Waals surface area contributed by atoms with Crippen molar-refractivity contribution >= 4 is 11.5 Å². The number of nitriles is 1. The maximum absolute atomic E-state index is 11.3. The fraction of sp³-hybridized carbons (Fsp3) is 0.214.